The standard InChI is InChI=1S/C24H32N2O4/c1-7-26(23(28)30-24(4,5)6)16-19-13-17(3)9-10-20(19)21-14-18(11-12-25-21)15-22(27)29-8-2/h9-14H,7-8,15-16H2,1-6H3. The largest absolute Gasteiger partial charge is 0.466 e. The Morgan fingerprint density at radius 1 is 1.10 bits per heavy atom. The van der Waals surface area contributed by atoms with Crippen molar-refractivity contribution in [2.75, 3.05) is 13.2 Å². The van der Waals surface area contributed by atoms with Crippen molar-refractivity contribution in [2.45, 2.75) is 60.1 Å². The topological polar surface area (TPSA) is 68.7 Å². The molecule has 2 aromatic rings. The van der Waals surface area contributed by atoms with Crippen molar-refractivity contribution >= 4 is 12.1 Å². The number of carbonyl (C=O) groups is 2. The lowest BCUT2D eigenvalue weighted by Crippen LogP contribution is -2.36. The number of hydrogen-bond acceptors (Lipinski definition) is 5. The molecule has 2 rings (SSSR count). The van der Waals surface area contributed by atoms with Crippen LogP contribution in [0.15, 0.2) is 36.5 Å². The fourth-order valence-electron chi connectivity index (χ4n) is 3.05. The highest BCUT2D eigenvalue weighted by Gasteiger charge is 2.22. The third-order valence-corrected chi connectivity index (χ3v) is 4.41. The van der Waals surface area contributed by atoms with Gasteiger partial charge in [0.2, 0.25) is 0 Å². The lowest BCUT2D eigenvalue weighted by atomic mass is 9.99. The number of hydrogen-bond donors (Lipinski definition) is 0. The maximum absolute atomic E-state index is 12.6. The summed E-state index contributed by atoms with van der Waals surface area (Å²) in [5.74, 6) is -0.263. The molecule has 0 unspecified atom stereocenters. The number of amides is 1. The number of esters is 1. The number of pyridine rings is 1. The van der Waals surface area contributed by atoms with Gasteiger partial charge in [0.15, 0.2) is 0 Å². The summed E-state index contributed by atoms with van der Waals surface area (Å²) in [6.07, 6.45) is 1.55. The van der Waals surface area contributed by atoms with Gasteiger partial charge in [-0.1, -0.05) is 23.8 Å². The maximum Gasteiger partial charge on any atom is 0.410 e. The van der Waals surface area contributed by atoms with Crippen LogP contribution in [0, 0.1) is 6.92 Å². The van der Waals surface area contributed by atoms with Crippen molar-refractivity contribution in [2.24, 2.45) is 0 Å². The SMILES string of the molecule is CCOC(=O)Cc1ccnc(-c2ccc(C)cc2CN(CC)C(=O)OC(C)(C)C)c1. The second-order valence-electron chi connectivity index (χ2n) is 8.19. The zero-order chi connectivity index (χ0) is 22.3. The molecule has 0 atom stereocenters. The number of nitrogens with zero attached hydrogens (tertiary/aromatic N) is 2. The quantitative estimate of drug-likeness (QED) is 0.604. The highest BCUT2D eigenvalue weighted by Crippen LogP contribution is 2.26. The van der Waals surface area contributed by atoms with Crippen molar-refractivity contribution < 1.29 is 19.1 Å². The molecule has 0 spiro atoms. The third kappa shape index (κ3) is 6.87. The van der Waals surface area contributed by atoms with E-state index in [1.807, 2.05) is 58.9 Å². The Morgan fingerprint density at radius 3 is 2.47 bits per heavy atom. The van der Waals surface area contributed by atoms with Gasteiger partial charge in [-0.15, -0.1) is 0 Å². The first kappa shape index (κ1) is 23.4. The Kier molecular flexibility index (Phi) is 7.98. The Morgan fingerprint density at radius 2 is 1.83 bits per heavy atom. The van der Waals surface area contributed by atoms with Gasteiger partial charge >= 0.3 is 12.1 Å². The molecular weight excluding hydrogens is 380 g/mol. The summed E-state index contributed by atoms with van der Waals surface area (Å²) >= 11 is 0. The minimum Gasteiger partial charge on any atom is -0.466 e. The van der Waals surface area contributed by atoms with Crippen LogP contribution in [0.25, 0.3) is 11.3 Å². The molecule has 1 amide bonds. The highest BCUT2D eigenvalue weighted by molar-refractivity contribution is 5.74. The lowest BCUT2D eigenvalue weighted by molar-refractivity contribution is -0.142. The van der Waals surface area contributed by atoms with Gasteiger partial charge in [0.05, 0.1) is 18.7 Å². The summed E-state index contributed by atoms with van der Waals surface area (Å²) in [7, 11) is 0. The predicted octanol–water partition coefficient (Wildman–Crippen LogP) is 4.92. The van der Waals surface area contributed by atoms with Gasteiger partial charge in [-0.05, 0) is 64.8 Å². The van der Waals surface area contributed by atoms with E-state index < -0.39 is 5.60 Å². The van der Waals surface area contributed by atoms with Crippen molar-refractivity contribution in [1.82, 2.24) is 9.88 Å². The van der Waals surface area contributed by atoms with Crippen LogP contribution in [-0.4, -0.2) is 40.7 Å². The van der Waals surface area contributed by atoms with Gasteiger partial charge in [0.1, 0.15) is 5.60 Å². The van der Waals surface area contributed by atoms with Crippen LogP contribution in [0.5, 0.6) is 0 Å². The maximum atomic E-state index is 12.6. The fraction of sp³-hybridized carbons (Fsp3) is 0.458. The van der Waals surface area contributed by atoms with E-state index in [1.54, 1.807) is 18.0 Å². The first-order valence-corrected chi connectivity index (χ1v) is 10.3. The van der Waals surface area contributed by atoms with Crippen LogP contribution < -0.4 is 0 Å². The molecule has 6 heteroatoms. The van der Waals surface area contributed by atoms with Gasteiger partial charge in [-0.25, -0.2) is 4.79 Å². The Hall–Kier alpha value is -2.89. The molecule has 0 saturated carbocycles. The summed E-state index contributed by atoms with van der Waals surface area (Å²) in [5, 5.41) is 0. The van der Waals surface area contributed by atoms with Crippen LogP contribution in [0.4, 0.5) is 4.79 Å². The Labute approximate surface area is 179 Å². The summed E-state index contributed by atoms with van der Waals surface area (Å²) in [4.78, 5) is 30.6. The molecule has 0 N–H and O–H groups in total. The molecular formula is C24H32N2O4. The summed E-state index contributed by atoms with van der Waals surface area (Å²) in [5.41, 5.74) is 4.04. The average molecular weight is 413 g/mol. The van der Waals surface area contributed by atoms with Gasteiger partial charge in [0, 0.05) is 24.8 Å². The molecule has 6 nitrogen and oxygen atoms in total. The molecule has 0 bridgehead atoms. The summed E-state index contributed by atoms with van der Waals surface area (Å²) < 4.78 is 10.6. The lowest BCUT2D eigenvalue weighted by Gasteiger charge is -2.27. The van der Waals surface area contributed by atoms with Crippen LogP contribution in [0.3, 0.4) is 0 Å². The average Bonchev–Trinajstić information content (AvgIpc) is 2.65. The normalized spacial score (nSPS) is 11.1. The predicted molar refractivity (Wildman–Crippen MR) is 117 cm³/mol. The second-order valence-corrected chi connectivity index (χ2v) is 8.19. The van der Waals surface area contributed by atoms with E-state index in [-0.39, 0.29) is 18.5 Å². The first-order valence-electron chi connectivity index (χ1n) is 10.3. The summed E-state index contributed by atoms with van der Waals surface area (Å²) in [6, 6.07) is 9.79. The van der Waals surface area contributed by atoms with E-state index >= 15 is 0 Å². The molecule has 0 fully saturated rings. The van der Waals surface area contributed by atoms with E-state index in [0.29, 0.717) is 19.7 Å². The number of rotatable bonds is 7. The third-order valence-electron chi connectivity index (χ3n) is 4.41. The van der Waals surface area contributed by atoms with E-state index in [0.717, 1.165) is 27.9 Å². The molecule has 1 aromatic carbocycles. The van der Waals surface area contributed by atoms with Crippen molar-refractivity contribution in [3.8, 4) is 11.3 Å². The van der Waals surface area contributed by atoms with E-state index in [4.69, 9.17) is 9.47 Å². The number of ether oxygens (including phenoxy) is 2. The molecule has 0 radical (unpaired) electrons. The zero-order valence-electron chi connectivity index (χ0n) is 18.8. The van der Waals surface area contributed by atoms with E-state index in [9.17, 15) is 9.59 Å². The van der Waals surface area contributed by atoms with Gasteiger partial charge < -0.3 is 14.4 Å². The smallest absolute Gasteiger partial charge is 0.410 e. The Balaban J connectivity index is 2.33. The minimum absolute atomic E-state index is 0.198. The molecule has 0 saturated heterocycles. The molecule has 162 valence electrons. The van der Waals surface area contributed by atoms with Gasteiger partial charge in [-0.2, -0.15) is 0 Å². The monoisotopic (exact) mass is 412 g/mol. The zero-order valence-corrected chi connectivity index (χ0v) is 18.8. The molecule has 0 aliphatic heterocycles. The number of carbonyl (C=O) groups excluding carboxylic acids is 2. The molecule has 1 heterocycles. The molecule has 0 aliphatic rings. The Bertz CT molecular complexity index is 887. The number of aryl methyl sites for hydroxylation is 1. The number of aromatic nitrogens is 1. The molecule has 0 aliphatic carbocycles. The van der Waals surface area contributed by atoms with Crippen molar-refractivity contribution in [1.29, 1.82) is 0 Å². The van der Waals surface area contributed by atoms with Crippen LogP contribution >= 0.6 is 0 Å². The number of benzene rings is 1. The minimum atomic E-state index is -0.553. The van der Waals surface area contributed by atoms with Gasteiger partial charge in [0.25, 0.3) is 0 Å². The van der Waals surface area contributed by atoms with Crippen LogP contribution in [0.1, 0.15) is 51.3 Å². The first-order chi connectivity index (χ1) is 14.1. The van der Waals surface area contributed by atoms with E-state index in [2.05, 4.69) is 11.1 Å². The van der Waals surface area contributed by atoms with Crippen LogP contribution in [0.2, 0.25) is 0 Å². The summed E-state index contributed by atoms with van der Waals surface area (Å²) in [6.45, 7) is 12.6. The van der Waals surface area contributed by atoms with Crippen molar-refractivity contribution in [3.05, 3.63) is 53.2 Å². The highest BCUT2D eigenvalue weighted by atomic mass is 16.6. The molecule has 30 heavy (non-hydrogen) atoms. The second kappa shape index (κ2) is 10.2. The fourth-order valence-corrected chi connectivity index (χ4v) is 3.05. The van der Waals surface area contributed by atoms with Crippen LogP contribution in [-0.2, 0) is 27.2 Å². The molecule has 1 aromatic heterocycles. The van der Waals surface area contributed by atoms with E-state index in [1.165, 1.54) is 0 Å². The van der Waals surface area contributed by atoms with Gasteiger partial charge in [-0.3, -0.25) is 9.78 Å². The van der Waals surface area contributed by atoms with Crippen molar-refractivity contribution in [3.63, 3.8) is 0 Å².